The fourth-order valence-electron chi connectivity index (χ4n) is 2.98. The van der Waals surface area contributed by atoms with E-state index >= 15 is 0 Å². The topological polar surface area (TPSA) is 21.7 Å². The van der Waals surface area contributed by atoms with Gasteiger partial charge in [-0.25, -0.2) is 4.39 Å². The van der Waals surface area contributed by atoms with Gasteiger partial charge in [0.05, 0.1) is 18.2 Å². The molecule has 1 fully saturated rings. The lowest BCUT2D eigenvalue weighted by atomic mass is 10.1. The number of rotatable bonds is 6. The highest BCUT2D eigenvalue weighted by molar-refractivity contribution is 6.32. The largest absolute Gasteiger partial charge is 0.484 e. The molecule has 0 amide bonds. The SMILES string of the molecule is Cc1ccc(Cl)c(OC(CCN2CCOCC2)c2cccc(F)c2)c1. The van der Waals surface area contributed by atoms with E-state index in [2.05, 4.69) is 4.90 Å². The maximum Gasteiger partial charge on any atom is 0.139 e. The third-order valence-corrected chi connectivity index (χ3v) is 4.70. The third kappa shape index (κ3) is 5.18. The Hall–Kier alpha value is -1.62. The predicted molar refractivity (Wildman–Crippen MR) is 97.8 cm³/mol. The van der Waals surface area contributed by atoms with Gasteiger partial charge in [0.1, 0.15) is 17.7 Å². The lowest BCUT2D eigenvalue weighted by Gasteiger charge is -2.29. The van der Waals surface area contributed by atoms with Crippen LogP contribution in [-0.4, -0.2) is 37.7 Å². The molecule has 25 heavy (non-hydrogen) atoms. The van der Waals surface area contributed by atoms with Gasteiger partial charge in [-0.05, 0) is 42.3 Å². The molecule has 0 radical (unpaired) electrons. The van der Waals surface area contributed by atoms with Gasteiger partial charge in [0.2, 0.25) is 0 Å². The predicted octanol–water partition coefficient (Wildman–Crippen LogP) is 4.63. The van der Waals surface area contributed by atoms with Crippen LogP contribution in [0.5, 0.6) is 5.75 Å². The first-order chi connectivity index (χ1) is 12.1. The van der Waals surface area contributed by atoms with Crippen molar-refractivity contribution in [2.24, 2.45) is 0 Å². The lowest BCUT2D eigenvalue weighted by molar-refractivity contribution is 0.0317. The van der Waals surface area contributed by atoms with Gasteiger partial charge in [0.25, 0.3) is 0 Å². The normalized spacial score (nSPS) is 16.6. The first-order valence-corrected chi connectivity index (χ1v) is 8.98. The Labute approximate surface area is 153 Å². The van der Waals surface area contributed by atoms with Crippen LogP contribution in [0.3, 0.4) is 0 Å². The van der Waals surface area contributed by atoms with Gasteiger partial charge in [-0.3, -0.25) is 4.90 Å². The third-order valence-electron chi connectivity index (χ3n) is 4.39. The van der Waals surface area contributed by atoms with Gasteiger partial charge in [-0.15, -0.1) is 0 Å². The molecule has 1 atom stereocenters. The fraction of sp³-hybridized carbons (Fsp3) is 0.400. The van der Waals surface area contributed by atoms with Crippen LogP contribution in [0, 0.1) is 12.7 Å². The Balaban J connectivity index is 1.77. The van der Waals surface area contributed by atoms with E-state index in [-0.39, 0.29) is 11.9 Å². The average molecular weight is 364 g/mol. The number of aryl methyl sites for hydroxylation is 1. The van der Waals surface area contributed by atoms with Crippen LogP contribution in [0.25, 0.3) is 0 Å². The molecule has 0 spiro atoms. The second-order valence-electron chi connectivity index (χ2n) is 6.34. The molecule has 0 N–H and O–H groups in total. The van der Waals surface area contributed by atoms with Crippen molar-refractivity contribution in [2.75, 3.05) is 32.8 Å². The zero-order valence-corrected chi connectivity index (χ0v) is 15.1. The molecular weight excluding hydrogens is 341 g/mol. The summed E-state index contributed by atoms with van der Waals surface area (Å²) in [6.07, 6.45) is 0.506. The Morgan fingerprint density at radius 3 is 2.76 bits per heavy atom. The van der Waals surface area contributed by atoms with Gasteiger partial charge in [-0.2, -0.15) is 0 Å². The van der Waals surface area contributed by atoms with Crippen molar-refractivity contribution >= 4 is 11.6 Å². The van der Waals surface area contributed by atoms with Crippen molar-refractivity contribution in [3.63, 3.8) is 0 Å². The summed E-state index contributed by atoms with van der Waals surface area (Å²) >= 11 is 6.28. The smallest absolute Gasteiger partial charge is 0.139 e. The highest BCUT2D eigenvalue weighted by atomic mass is 35.5. The summed E-state index contributed by atoms with van der Waals surface area (Å²) in [5, 5.41) is 0.568. The van der Waals surface area contributed by atoms with Crippen LogP contribution in [-0.2, 0) is 4.74 Å². The van der Waals surface area contributed by atoms with Gasteiger partial charge in [-0.1, -0.05) is 29.8 Å². The molecule has 134 valence electrons. The summed E-state index contributed by atoms with van der Waals surface area (Å²) in [6.45, 7) is 6.22. The molecule has 0 aliphatic carbocycles. The summed E-state index contributed by atoms with van der Waals surface area (Å²) in [5.41, 5.74) is 1.90. The average Bonchev–Trinajstić information content (AvgIpc) is 2.62. The van der Waals surface area contributed by atoms with Crippen molar-refractivity contribution in [3.05, 3.63) is 64.4 Å². The molecule has 1 heterocycles. The van der Waals surface area contributed by atoms with Crippen LogP contribution in [0.4, 0.5) is 4.39 Å². The molecule has 0 saturated carbocycles. The summed E-state index contributed by atoms with van der Waals surface area (Å²) < 4.78 is 25.3. The van der Waals surface area contributed by atoms with Gasteiger partial charge >= 0.3 is 0 Å². The summed E-state index contributed by atoms with van der Waals surface area (Å²) in [5.74, 6) is 0.380. The van der Waals surface area contributed by atoms with Crippen molar-refractivity contribution < 1.29 is 13.9 Å². The van der Waals surface area contributed by atoms with E-state index in [9.17, 15) is 4.39 Å². The van der Waals surface area contributed by atoms with Crippen molar-refractivity contribution in [3.8, 4) is 5.75 Å². The van der Waals surface area contributed by atoms with Crippen LogP contribution >= 0.6 is 11.6 Å². The van der Waals surface area contributed by atoms with Gasteiger partial charge in [0, 0.05) is 26.1 Å². The standard InChI is InChI=1S/C20H23ClFNO2/c1-15-5-6-18(21)20(13-15)25-19(16-3-2-4-17(22)14-16)7-8-23-9-11-24-12-10-23/h2-6,13-14,19H,7-12H2,1H3. The molecular formula is C20H23ClFNO2. The van der Waals surface area contributed by atoms with E-state index in [0.717, 1.165) is 50.4 Å². The Bertz CT molecular complexity index is 704. The zero-order valence-electron chi connectivity index (χ0n) is 14.4. The highest BCUT2D eigenvalue weighted by Crippen LogP contribution is 2.32. The Kier molecular flexibility index (Phi) is 6.29. The molecule has 0 aromatic heterocycles. The minimum absolute atomic E-state index is 0.252. The maximum atomic E-state index is 13.7. The van der Waals surface area contributed by atoms with Crippen LogP contribution in [0.2, 0.25) is 5.02 Å². The molecule has 2 aromatic carbocycles. The number of hydrogen-bond donors (Lipinski definition) is 0. The fourth-order valence-corrected chi connectivity index (χ4v) is 3.14. The Morgan fingerprint density at radius 1 is 1.20 bits per heavy atom. The molecule has 0 bridgehead atoms. The maximum absolute atomic E-state index is 13.7. The number of morpholine rings is 1. The first-order valence-electron chi connectivity index (χ1n) is 8.60. The second-order valence-corrected chi connectivity index (χ2v) is 6.75. The summed E-state index contributed by atoms with van der Waals surface area (Å²) in [7, 11) is 0. The van der Waals surface area contributed by atoms with E-state index in [4.69, 9.17) is 21.1 Å². The number of halogens is 2. The van der Waals surface area contributed by atoms with E-state index in [1.54, 1.807) is 6.07 Å². The minimum Gasteiger partial charge on any atom is -0.484 e. The van der Waals surface area contributed by atoms with E-state index in [1.807, 2.05) is 31.2 Å². The van der Waals surface area contributed by atoms with E-state index in [1.165, 1.54) is 12.1 Å². The van der Waals surface area contributed by atoms with Gasteiger partial charge < -0.3 is 9.47 Å². The quantitative estimate of drug-likeness (QED) is 0.746. The molecule has 3 nitrogen and oxygen atoms in total. The lowest BCUT2D eigenvalue weighted by Crippen LogP contribution is -2.37. The minimum atomic E-state index is -0.257. The number of hydrogen-bond acceptors (Lipinski definition) is 3. The Morgan fingerprint density at radius 2 is 2.00 bits per heavy atom. The molecule has 3 rings (SSSR count). The number of ether oxygens (including phenoxy) is 2. The molecule has 1 aliphatic rings. The highest BCUT2D eigenvalue weighted by Gasteiger charge is 2.19. The van der Waals surface area contributed by atoms with Crippen LogP contribution in [0.1, 0.15) is 23.7 Å². The number of benzene rings is 2. The van der Waals surface area contributed by atoms with Crippen molar-refractivity contribution in [1.29, 1.82) is 0 Å². The monoisotopic (exact) mass is 363 g/mol. The van der Waals surface area contributed by atoms with Crippen LogP contribution < -0.4 is 4.74 Å². The summed E-state index contributed by atoms with van der Waals surface area (Å²) in [4.78, 5) is 2.34. The molecule has 1 aliphatic heterocycles. The number of nitrogens with zero attached hydrogens (tertiary/aromatic N) is 1. The molecule has 1 saturated heterocycles. The first kappa shape index (κ1) is 18.2. The van der Waals surface area contributed by atoms with Gasteiger partial charge in [0.15, 0.2) is 0 Å². The molecule has 5 heteroatoms. The van der Waals surface area contributed by atoms with Crippen molar-refractivity contribution in [1.82, 2.24) is 4.90 Å². The summed E-state index contributed by atoms with van der Waals surface area (Å²) in [6, 6.07) is 12.3. The molecule has 1 unspecified atom stereocenters. The van der Waals surface area contributed by atoms with E-state index < -0.39 is 0 Å². The van der Waals surface area contributed by atoms with Crippen molar-refractivity contribution in [2.45, 2.75) is 19.4 Å². The second kappa shape index (κ2) is 8.65. The zero-order chi connectivity index (χ0) is 17.6. The van der Waals surface area contributed by atoms with E-state index in [0.29, 0.717) is 10.8 Å². The molecule has 2 aromatic rings. The van der Waals surface area contributed by atoms with Crippen LogP contribution in [0.15, 0.2) is 42.5 Å².